The van der Waals surface area contributed by atoms with Crippen LogP contribution in [0.5, 0.6) is 5.75 Å². The summed E-state index contributed by atoms with van der Waals surface area (Å²) in [7, 11) is 0. The average molecular weight is 426 g/mol. The Bertz CT molecular complexity index is 911. The predicted octanol–water partition coefficient (Wildman–Crippen LogP) is 5.95. The second-order valence-corrected chi connectivity index (χ2v) is 9.83. The van der Waals surface area contributed by atoms with E-state index in [1.54, 1.807) is 0 Å². The summed E-state index contributed by atoms with van der Waals surface area (Å²) in [6, 6.07) is 12.1. The highest BCUT2D eigenvalue weighted by atomic mass is 32.1. The first-order valence-corrected chi connectivity index (χ1v) is 10.9. The molecule has 3 nitrogen and oxygen atoms in total. The topological polar surface area (TPSA) is 43.4 Å². The van der Waals surface area contributed by atoms with Gasteiger partial charge in [0.2, 0.25) is 0 Å². The van der Waals surface area contributed by atoms with Crippen LogP contribution in [0.3, 0.4) is 0 Å². The molecule has 0 aliphatic rings. The third-order valence-electron chi connectivity index (χ3n) is 5.39. The quantitative estimate of drug-likeness (QED) is 0.298. The number of esters is 1. The molecule has 2 rings (SSSR count). The van der Waals surface area contributed by atoms with Gasteiger partial charge in [0.05, 0.1) is 5.92 Å². The third kappa shape index (κ3) is 6.15. The lowest BCUT2D eigenvalue weighted by molar-refractivity contribution is -0.135. The van der Waals surface area contributed by atoms with Gasteiger partial charge in [0, 0.05) is 10.7 Å². The minimum atomic E-state index is -0.520. The number of benzene rings is 2. The fraction of sp³-hybridized carbons (Fsp3) is 0.462. The van der Waals surface area contributed by atoms with Crippen molar-refractivity contribution < 1.29 is 14.3 Å². The van der Waals surface area contributed by atoms with Gasteiger partial charge in [-0.05, 0) is 73.3 Å². The SMILES string of the molecule is Cc1cc(C)c(C(C)(C)CC(=O)[S-])c(OC(=O)[C@@H](C)c2ccc(CC(C)C)cc2)c1. The molecule has 30 heavy (non-hydrogen) atoms. The molecular formula is C26H33O3S-. The van der Waals surface area contributed by atoms with Crippen LogP contribution >= 0.6 is 0 Å². The Hall–Kier alpha value is -2.20. The summed E-state index contributed by atoms with van der Waals surface area (Å²) in [6.45, 7) is 14.1. The molecule has 2 aromatic rings. The summed E-state index contributed by atoms with van der Waals surface area (Å²) in [5, 5.41) is -0.299. The standard InChI is InChI=1S/C26H34O3S/c1-16(2)12-20-8-10-21(11-9-20)19(5)25(28)29-22-14-17(3)13-18(4)24(22)26(6,7)15-23(27)30/h8-11,13-14,16,19H,12,15H2,1-7H3,(H,27,30)/p-1/t19-/m0/s1. The lowest BCUT2D eigenvalue weighted by Crippen LogP contribution is -2.25. The van der Waals surface area contributed by atoms with E-state index in [0.29, 0.717) is 11.7 Å². The van der Waals surface area contributed by atoms with Crippen LogP contribution in [0.2, 0.25) is 0 Å². The van der Waals surface area contributed by atoms with Crippen LogP contribution in [0.25, 0.3) is 0 Å². The zero-order chi connectivity index (χ0) is 22.6. The van der Waals surface area contributed by atoms with Crippen molar-refractivity contribution >= 4 is 23.7 Å². The Morgan fingerprint density at radius 1 is 1.03 bits per heavy atom. The average Bonchev–Trinajstić information content (AvgIpc) is 2.59. The second kappa shape index (κ2) is 9.74. The summed E-state index contributed by atoms with van der Waals surface area (Å²) >= 11 is 4.82. The normalized spacial score (nSPS) is 12.7. The smallest absolute Gasteiger partial charge is 0.318 e. The van der Waals surface area contributed by atoms with Gasteiger partial charge in [0.1, 0.15) is 5.75 Å². The van der Waals surface area contributed by atoms with E-state index in [4.69, 9.17) is 17.4 Å². The largest absolute Gasteiger partial charge is 0.742 e. The van der Waals surface area contributed by atoms with Gasteiger partial charge in [-0.15, -0.1) is 0 Å². The van der Waals surface area contributed by atoms with Crippen molar-refractivity contribution in [1.82, 2.24) is 0 Å². The molecule has 0 bridgehead atoms. The van der Waals surface area contributed by atoms with Crippen molar-refractivity contribution in [3.05, 3.63) is 64.2 Å². The lowest BCUT2D eigenvalue weighted by Gasteiger charge is -2.30. The molecule has 4 heteroatoms. The van der Waals surface area contributed by atoms with E-state index < -0.39 is 11.3 Å². The van der Waals surface area contributed by atoms with Crippen molar-refractivity contribution in [2.45, 2.75) is 72.6 Å². The Morgan fingerprint density at radius 3 is 2.17 bits per heavy atom. The number of rotatable bonds is 8. The van der Waals surface area contributed by atoms with Gasteiger partial charge in [-0.1, -0.05) is 58.0 Å². The molecule has 0 amide bonds. The molecular weight excluding hydrogens is 392 g/mol. The summed E-state index contributed by atoms with van der Waals surface area (Å²) in [5.41, 5.74) is 4.53. The predicted molar refractivity (Wildman–Crippen MR) is 125 cm³/mol. The maximum Gasteiger partial charge on any atom is 0.318 e. The van der Waals surface area contributed by atoms with E-state index >= 15 is 0 Å². The Balaban J connectivity index is 2.30. The minimum Gasteiger partial charge on any atom is -0.742 e. The summed E-state index contributed by atoms with van der Waals surface area (Å²) in [6.07, 6.45) is 1.23. The first-order valence-electron chi connectivity index (χ1n) is 10.5. The summed E-state index contributed by atoms with van der Waals surface area (Å²) < 4.78 is 5.90. The van der Waals surface area contributed by atoms with Gasteiger partial charge in [0.15, 0.2) is 0 Å². The van der Waals surface area contributed by atoms with Crippen molar-refractivity contribution in [2.75, 3.05) is 0 Å². The molecule has 0 N–H and O–H groups in total. The molecule has 0 heterocycles. The van der Waals surface area contributed by atoms with E-state index in [-0.39, 0.29) is 17.5 Å². The fourth-order valence-corrected chi connectivity index (χ4v) is 4.43. The monoisotopic (exact) mass is 425 g/mol. The minimum absolute atomic E-state index is 0.212. The Labute approximate surface area is 186 Å². The third-order valence-corrected chi connectivity index (χ3v) is 5.54. The molecule has 0 aliphatic carbocycles. The Morgan fingerprint density at radius 2 is 1.63 bits per heavy atom. The number of hydrogen-bond acceptors (Lipinski definition) is 4. The molecule has 0 unspecified atom stereocenters. The van der Waals surface area contributed by atoms with Crippen molar-refractivity contribution in [3.8, 4) is 5.75 Å². The number of ether oxygens (including phenoxy) is 1. The van der Waals surface area contributed by atoms with E-state index in [1.807, 2.05) is 58.9 Å². The summed E-state index contributed by atoms with van der Waals surface area (Å²) in [4.78, 5) is 24.6. The molecule has 1 atom stereocenters. The number of carbonyl (C=O) groups is 2. The van der Waals surface area contributed by atoms with Crippen molar-refractivity contribution in [2.24, 2.45) is 5.92 Å². The molecule has 2 aromatic carbocycles. The first-order chi connectivity index (χ1) is 13.9. The number of carbonyl (C=O) groups excluding carboxylic acids is 2. The summed E-state index contributed by atoms with van der Waals surface area (Å²) in [5.74, 6) is 0.405. The van der Waals surface area contributed by atoms with Gasteiger partial charge in [-0.2, -0.15) is 0 Å². The number of aryl methyl sites for hydroxylation is 2. The number of hydrogen-bond donors (Lipinski definition) is 0. The second-order valence-electron chi connectivity index (χ2n) is 9.37. The van der Waals surface area contributed by atoms with Crippen LogP contribution in [-0.4, -0.2) is 11.1 Å². The van der Waals surface area contributed by atoms with Gasteiger partial charge in [-0.3, -0.25) is 4.79 Å². The van der Waals surface area contributed by atoms with E-state index in [9.17, 15) is 9.59 Å². The van der Waals surface area contributed by atoms with Crippen LogP contribution in [-0.2, 0) is 34.1 Å². The van der Waals surface area contributed by atoms with Crippen molar-refractivity contribution in [1.29, 1.82) is 0 Å². The van der Waals surface area contributed by atoms with Crippen LogP contribution in [0.1, 0.15) is 74.8 Å². The highest BCUT2D eigenvalue weighted by molar-refractivity contribution is 7.77. The molecule has 0 saturated carbocycles. The van der Waals surface area contributed by atoms with Gasteiger partial charge < -0.3 is 22.2 Å². The van der Waals surface area contributed by atoms with E-state index in [1.165, 1.54) is 5.56 Å². The maximum atomic E-state index is 13.0. The van der Waals surface area contributed by atoms with E-state index in [0.717, 1.165) is 28.7 Å². The molecule has 162 valence electrons. The molecule has 0 radical (unpaired) electrons. The van der Waals surface area contributed by atoms with Crippen LogP contribution in [0.15, 0.2) is 36.4 Å². The molecule has 0 saturated heterocycles. The highest BCUT2D eigenvalue weighted by Crippen LogP contribution is 2.38. The van der Waals surface area contributed by atoms with Crippen LogP contribution < -0.4 is 4.74 Å². The zero-order valence-electron chi connectivity index (χ0n) is 19.2. The van der Waals surface area contributed by atoms with Gasteiger partial charge in [0.25, 0.3) is 0 Å². The lowest BCUT2D eigenvalue weighted by atomic mass is 9.78. The van der Waals surface area contributed by atoms with E-state index in [2.05, 4.69) is 26.0 Å². The van der Waals surface area contributed by atoms with Crippen LogP contribution in [0, 0.1) is 19.8 Å². The molecule has 0 aromatic heterocycles. The van der Waals surface area contributed by atoms with Crippen molar-refractivity contribution in [3.63, 3.8) is 0 Å². The zero-order valence-corrected chi connectivity index (χ0v) is 20.0. The molecule has 0 spiro atoms. The van der Waals surface area contributed by atoms with Crippen LogP contribution in [0.4, 0.5) is 0 Å². The van der Waals surface area contributed by atoms with Gasteiger partial charge in [-0.25, -0.2) is 0 Å². The first kappa shape index (κ1) is 24.1. The Kier molecular flexibility index (Phi) is 7.81. The maximum absolute atomic E-state index is 13.0. The fourth-order valence-electron chi connectivity index (χ4n) is 4.07. The molecule has 0 fully saturated rings. The van der Waals surface area contributed by atoms with Gasteiger partial charge >= 0.3 is 5.97 Å². The highest BCUT2D eigenvalue weighted by Gasteiger charge is 2.29. The molecule has 0 aliphatic heterocycles.